The van der Waals surface area contributed by atoms with Crippen molar-refractivity contribution in [3.8, 4) is 0 Å². The van der Waals surface area contributed by atoms with E-state index in [0.29, 0.717) is 12.8 Å². The first-order chi connectivity index (χ1) is 8.13. The summed E-state index contributed by atoms with van der Waals surface area (Å²) in [5, 5.41) is 11.4. The molecular weight excluding hydrogens is 224 g/mol. The Morgan fingerprint density at radius 1 is 1.59 bits per heavy atom. The molecule has 1 atom stereocenters. The molecule has 0 bridgehead atoms. The maximum Gasteiger partial charge on any atom is 0.326 e. The van der Waals surface area contributed by atoms with Crippen LogP contribution in [0.15, 0.2) is 12.5 Å². The number of hydrogen-bond acceptors (Lipinski definition) is 4. The molecule has 0 fully saturated rings. The van der Waals surface area contributed by atoms with E-state index < -0.39 is 12.0 Å². The average Bonchev–Trinajstić information content (AvgIpc) is 2.77. The summed E-state index contributed by atoms with van der Waals surface area (Å²) in [5.74, 6) is -1.39. The molecule has 0 unspecified atom stereocenters. The van der Waals surface area contributed by atoms with E-state index in [1.807, 2.05) is 0 Å². The van der Waals surface area contributed by atoms with Crippen LogP contribution in [-0.2, 0) is 16.0 Å². The van der Waals surface area contributed by atoms with Crippen molar-refractivity contribution in [3.05, 3.63) is 18.2 Å². The molecule has 1 aromatic heterocycles. The Balaban J connectivity index is 2.43. The van der Waals surface area contributed by atoms with Crippen molar-refractivity contribution in [1.82, 2.24) is 15.3 Å². The van der Waals surface area contributed by atoms with E-state index in [2.05, 4.69) is 15.3 Å². The highest BCUT2D eigenvalue weighted by Gasteiger charge is 2.19. The molecule has 0 aliphatic rings. The highest BCUT2D eigenvalue weighted by Crippen LogP contribution is 2.02. The first-order valence-electron chi connectivity index (χ1n) is 5.33. The fraction of sp³-hybridized carbons (Fsp3) is 0.500. The highest BCUT2D eigenvalue weighted by atomic mass is 16.4. The fourth-order valence-electron chi connectivity index (χ4n) is 1.38. The molecule has 0 spiro atoms. The lowest BCUT2D eigenvalue weighted by molar-refractivity contribution is -0.142. The van der Waals surface area contributed by atoms with Crippen molar-refractivity contribution in [2.45, 2.75) is 25.3 Å². The largest absolute Gasteiger partial charge is 0.480 e. The molecule has 0 aromatic carbocycles. The summed E-state index contributed by atoms with van der Waals surface area (Å²) in [5.41, 5.74) is 6.05. The molecule has 7 nitrogen and oxygen atoms in total. The number of carboxylic acid groups (broad SMARTS) is 1. The van der Waals surface area contributed by atoms with Crippen LogP contribution >= 0.6 is 0 Å². The fourth-order valence-corrected chi connectivity index (χ4v) is 1.38. The van der Waals surface area contributed by atoms with Crippen LogP contribution in [0, 0.1) is 0 Å². The zero-order valence-electron chi connectivity index (χ0n) is 9.35. The number of nitrogens with zero attached hydrogens (tertiary/aromatic N) is 1. The summed E-state index contributed by atoms with van der Waals surface area (Å²) in [7, 11) is 0. The number of carbonyl (C=O) groups excluding carboxylic acids is 1. The molecule has 0 saturated heterocycles. The SMILES string of the molecule is NCCC(=O)N[C@@H](CCc1cnc[nH]1)C(=O)O. The maximum absolute atomic E-state index is 11.2. The van der Waals surface area contributed by atoms with E-state index in [0.717, 1.165) is 5.69 Å². The third-order valence-electron chi connectivity index (χ3n) is 2.26. The van der Waals surface area contributed by atoms with E-state index in [1.54, 1.807) is 6.20 Å². The molecule has 1 heterocycles. The number of carbonyl (C=O) groups is 2. The van der Waals surface area contributed by atoms with Gasteiger partial charge < -0.3 is 21.1 Å². The van der Waals surface area contributed by atoms with Crippen molar-refractivity contribution in [3.63, 3.8) is 0 Å². The molecule has 0 saturated carbocycles. The third kappa shape index (κ3) is 4.64. The predicted molar refractivity (Wildman–Crippen MR) is 60.1 cm³/mol. The van der Waals surface area contributed by atoms with Gasteiger partial charge in [0.25, 0.3) is 0 Å². The minimum Gasteiger partial charge on any atom is -0.480 e. The smallest absolute Gasteiger partial charge is 0.326 e. The van der Waals surface area contributed by atoms with Gasteiger partial charge in [-0.2, -0.15) is 0 Å². The lowest BCUT2D eigenvalue weighted by atomic mass is 10.1. The zero-order valence-corrected chi connectivity index (χ0v) is 9.35. The lowest BCUT2D eigenvalue weighted by Crippen LogP contribution is -2.41. The van der Waals surface area contributed by atoms with Crippen LogP contribution in [-0.4, -0.2) is 39.5 Å². The molecule has 1 aromatic rings. The van der Waals surface area contributed by atoms with Gasteiger partial charge in [0.1, 0.15) is 6.04 Å². The van der Waals surface area contributed by atoms with E-state index >= 15 is 0 Å². The molecule has 1 rings (SSSR count). The number of nitrogens with two attached hydrogens (primary N) is 1. The van der Waals surface area contributed by atoms with Crippen LogP contribution in [0.4, 0.5) is 0 Å². The summed E-state index contributed by atoms with van der Waals surface area (Å²) in [6.45, 7) is 0.207. The number of imidazole rings is 1. The normalized spacial score (nSPS) is 12.1. The van der Waals surface area contributed by atoms with Gasteiger partial charge in [0.05, 0.1) is 6.33 Å². The predicted octanol–water partition coefficient (Wildman–Crippen LogP) is -0.739. The standard InChI is InChI=1S/C10H16N4O3/c11-4-3-9(15)14-8(10(16)17)2-1-7-5-12-6-13-7/h5-6,8H,1-4,11H2,(H,12,13)(H,14,15)(H,16,17)/t8-/m0/s1. The number of nitrogens with one attached hydrogen (secondary N) is 2. The summed E-state index contributed by atoms with van der Waals surface area (Å²) < 4.78 is 0. The van der Waals surface area contributed by atoms with Crippen LogP contribution in [0.25, 0.3) is 0 Å². The second kappa shape index (κ2) is 6.64. The van der Waals surface area contributed by atoms with Crippen molar-refractivity contribution < 1.29 is 14.7 Å². The number of aromatic amines is 1. The Morgan fingerprint density at radius 2 is 2.35 bits per heavy atom. The van der Waals surface area contributed by atoms with E-state index in [9.17, 15) is 9.59 Å². The molecule has 0 radical (unpaired) electrons. The Bertz CT molecular complexity index is 364. The summed E-state index contributed by atoms with van der Waals surface area (Å²) in [6, 6.07) is -0.891. The Morgan fingerprint density at radius 3 is 2.88 bits per heavy atom. The van der Waals surface area contributed by atoms with Crippen molar-refractivity contribution in [2.24, 2.45) is 5.73 Å². The van der Waals surface area contributed by atoms with Gasteiger partial charge in [0, 0.05) is 24.9 Å². The molecule has 0 aliphatic carbocycles. The van der Waals surface area contributed by atoms with Gasteiger partial charge >= 0.3 is 5.97 Å². The van der Waals surface area contributed by atoms with Crippen LogP contribution < -0.4 is 11.1 Å². The Kier molecular flexibility index (Phi) is 5.15. The minimum atomic E-state index is -1.05. The van der Waals surface area contributed by atoms with E-state index in [4.69, 9.17) is 10.8 Å². The molecule has 0 aliphatic heterocycles. The number of carboxylic acids is 1. The first kappa shape index (κ1) is 13.2. The topological polar surface area (TPSA) is 121 Å². The molecule has 7 heteroatoms. The van der Waals surface area contributed by atoms with Crippen LogP contribution in [0.5, 0.6) is 0 Å². The average molecular weight is 240 g/mol. The second-order valence-corrected chi connectivity index (χ2v) is 3.61. The molecular formula is C10H16N4O3. The first-order valence-corrected chi connectivity index (χ1v) is 5.33. The van der Waals surface area contributed by atoms with Crippen LogP contribution in [0.3, 0.4) is 0 Å². The third-order valence-corrected chi connectivity index (χ3v) is 2.26. The number of aryl methyl sites for hydroxylation is 1. The van der Waals surface area contributed by atoms with Crippen molar-refractivity contribution in [2.75, 3.05) is 6.54 Å². The molecule has 17 heavy (non-hydrogen) atoms. The van der Waals surface area contributed by atoms with Gasteiger partial charge in [-0.3, -0.25) is 4.79 Å². The molecule has 94 valence electrons. The number of amides is 1. The number of rotatable bonds is 7. The van der Waals surface area contributed by atoms with Gasteiger partial charge in [-0.25, -0.2) is 9.78 Å². The number of aliphatic carboxylic acids is 1. The maximum atomic E-state index is 11.2. The van der Waals surface area contributed by atoms with E-state index in [-0.39, 0.29) is 18.9 Å². The van der Waals surface area contributed by atoms with Gasteiger partial charge in [0.2, 0.25) is 5.91 Å². The van der Waals surface area contributed by atoms with Crippen LogP contribution in [0.2, 0.25) is 0 Å². The summed E-state index contributed by atoms with van der Waals surface area (Å²) in [4.78, 5) is 28.9. The summed E-state index contributed by atoms with van der Waals surface area (Å²) >= 11 is 0. The van der Waals surface area contributed by atoms with Gasteiger partial charge in [-0.05, 0) is 12.8 Å². The van der Waals surface area contributed by atoms with Crippen molar-refractivity contribution >= 4 is 11.9 Å². The van der Waals surface area contributed by atoms with Crippen LogP contribution in [0.1, 0.15) is 18.5 Å². The molecule has 1 amide bonds. The van der Waals surface area contributed by atoms with E-state index in [1.165, 1.54) is 6.33 Å². The van der Waals surface area contributed by atoms with Gasteiger partial charge in [-0.1, -0.05) is 0 Å². The monoisotopic (exact) mass is 240 g/mol. The number of H-pyrrole nitrogens is 1. The van der Waals surface area contributed by atoms with Gasteiger partial charge in [-0.15, -0.1) is 0 Å². The highest BCUT2D eigenvalue weighted by molar-refractivity contribution is 5.83. The minimum absolute atomic E-state index is 0.133. The lowest BCUT2D eigenvalue weighted by Gasteiger charge is -2.13. The second-order valence-electron chi connectivity index (χ2n) is 3.61. The Labute approximate surface area is 98.4 Å². The zero-order chi connectivity index (χ0) is 12.7. The van der Waals surface area contributed by atoms with Crippen molar-refractivity contribution in [1.29, 1.82) is 0 Å². The Hall–Kier alpha value is -1.89. The number of aromatic nitrogens is 2. The summed E-state index contributed by atoms with van der Waals surface area (Å²) in [6.07, 6.45) is 4.11. The quantitative estimate of drug-likeness (QED) is 0.500. The van der Waals surface area contributed by atoms with Gasteiger partial charge in [0.15, 0.2) is 0 Å². The molecule has 5 N–H and O–H groups in total. The number of hydrogen-bond donors (Lipinski definition) is 4.